The molecular formula is C18H13Cl3F2N2O2. The topological polar surface area (TPSA) is 52.9 Å². The van der Waals surface area contributed by atoms with Crippen molar-refractivity contribution >= 4 is 46.5 Å². The first-order valence-corrected chi connectivity index (χ1v) is 8.93. The smallest absolute Gasteiger partial charge is 0.335 e. The van der Waals surface area contributed by atoms with Gasteiger partial charge in [-0.1, -0.05) is 40.9 Å². The highest BCUT2D eigenvalue weighted by molar-refractivity contribution is 6.48. The second-order valence-electron chi connectivity index (χ2n) is 6.29. The van der Waals surface area contributed by atoms with Gasteiger partial charge in [0.2, 0.25) is 0 Å². The minimum absolute atomic E-state index is 0.0792. The number of halogens is 5. The molecule has 1 aliphatic heterocycles. The maximum absolute atomic E-state index is 13.9. The number of carboxylic acids is 1. The second-order valence-corrected chi connectivity index (χ2v) is 7.49. The van der Waals surface area contributed by atoms with Crippen LogP contribution in [0.2, 0.25) is 15.1 Å². The maximum Gasteiger partial charge on any atom is 0.335 e. The van der Waals surface area contributed by atoms with Crippen LogP contribution >= 0.6 is 34.8 Å². The van der Waals surface area contributed by atoms with E-state index in [-0.39, 0.29) is 39.2 Å². The van der Waals surface area contributed by atoms with Crippen molar-refractivity contribution in [1.29, 1.82) is 0 Å². The lowest BCUT2D eigenvalue weighted by Gasteiger charge is -2.29. The van der Waals surface area contributed by atoms with E-state index in [2.05, 4.69) is 4.99 Å². The lowest BCUT2D eigenvalue weighted by atomic mass is 9.86. The third-order valence-electron chi connectivity index (χ3n) is 4.63. The minimum atomic E-state index is -1.73. The van der Waals surface area contributed by atoms with E-state index in [4.69, 9.17) is 39.9 Å². The van der Waals surface area contributed by atoms with Crippen molar-refractivity contribution in [3.63, 3.8) is 0 Å². The summed E-state index contributed by atoms with van der Waals surface area (Å²) >= 11 is 17.9. The highest BCUT2D eigenvalue weighted by Gasteiger charge is 2.46. The molecule has 1 unspecified atom stereocenters. The van der Waals surface area contributed by atoms with E-state index >= 15 is 0 Å². The van der Waals surface area contributed by atoms with Crippen LogP contribution in [-0.2, 0) is 5.54 Å². The zero-order valence-corrected chi connectivity index (χ0v) is 16.2. The minimum Gasteiger partial charge on any atom is -0.478 e. The quantitative estimate of drug-likeness (QED) is 0.489. The molecule has 4 nitrogen and oxygen atoms in total. The molecule has 0 saturated carbocycles. The van der Waals surface area contributed by atoms with Gasteiger partial charge in [0.15, 0.2) is 0 Å². The van der Waals surface area contributed by atoms with Crippen LogP contribution in [0.5, 0.6) is 0 Å². The Hall–Kier alpha value is -1.73. The van der Waals surface area contributed by atoms with E-state index in [9.17, 15) is 13.8 Å². The molecule has 0 fully saturated rings. The number of carbonyl (C=O) groups is 1. The highest BCUT2D eigenvalue weighted by atomic mass is 35.5. The van der Waals surface area contributed by atoms with Crippen molar-refractivity contribution in [3.05, 3.63) is 67.7 Å². The average Bonchev–Trinajstić information content (AvgIpc) is 3.05. The Morgan fingerprint density at radius 3 is 2.33 bits per heavy atom. The van der Waals surface area contributed by atoms with Gasteiger partial charge in [0, 0.05) is 17.5 Å². The molecular weight excluding hydrogens is 421 g/mol. The molecule has 0 amide bonds. The molecule has 1 N–H and O–H groups in total. The molecule has 0 spiro atoms. The van der Waals surface area contributed by atoms with E-state index in [0.29, 0.717) is 16.8 Å². The number of aromatic carboxylic acids is 1. The average molecular weight is 434 g/mol. The molecule has 1 atom stereocenters. The summed E-state index contributed by atoms with van der Waals surface area (Å²) in [5.41, 5.74) is 0.175. The molecule has 3 rings (SSSR count). The monoisotopic (exact) mass is 432 g/mol. The largest absolute Gasteiger partial charge is 0.478 e. The Kier molecular flexibility index (Phi) is 5.45. The zero-order valence-electron chi connectivity index (χ0n) is 13.9. The number of aliphatic imine (C=N–C) groups is 1. The van der Waals surface area contributed by atoms with Gasteiger partial charge < -0.3 is 5.11 Å². The first-order valence-electron chi connectivity index (χ1n) is 7.80. The molecule has 0 radical (unpaired) electrons. The van der Waals surface area contributed by atoms with E-state index in [0.717, 1.165) is 0 Å². The Labute approximate surface area is 168 Å². The SMILES string of the molecule is Cc1cc(C2=NCC(c3cc(Cl)c(Cl)c(Cl)c3)(N(F)F)C2)ccc1C(=O)O. The fraction of sp³-hybridized carbons (Fsp3) is 0.222. The van der Waals surface area contributed by atoms with Gasteiger partial charge in [0.25, 0.3) is 0 Å². The first-order chi connectivity index (χ1) is 12.7. The molecule has 1 heterocycles. The van der Waals surface area contributed by atoms with E-state index in [1.54, 1.807) is 19.1 Å². The van der Waals surface area contributed by atoms with Crippen molar-refractivity contribution in [1.82, 2.24) is 5.34 Å². The van der Waals surface area contributed by atoms with Crippen LogP contribution in [0.15, 0.2) is 35.3 Å². The third-order valence-corrected chi connectivity index (χ3v) is 5.82. The van der Waals surface area contributed by atoms with Gasteiger partial charge in [0.05, 0.1) is 27.2 Å². The maximum atomic E-state index is 13.9. The van der Waals surface area contributed by atoms with Gasteiger partial charge in [-0.15, -0.1) is 8.96 Å². The Morgan fingerprint density at radius 2 is 1.81 bits per heavy atom. The summed E-state index contributed by atoms with van der Waals surface area (Å²) in [6.07, 6.45) is -0.0971. The summed E-state index contributed by atoms with van der Waals surface area (Å²) in [5.74, 6) is -1.05. The summed E-state index contributed by atoms with van der Waals surface area (Å²) in [6, 6.07) is 7.35. The standard InChI is InChI=1S/C18H13Cl3F2N2O2/c1-9-4-10(2-3-12(9)17(26)27)15-7-18(8-24-15,25(22)23)11-5-13(19)16(21)14(20)6-11/h2-6H,7-8H2,1H3,(H,26,27). The van der Waals surface area contributed by atoms with Gasteiger partial charge in [-0.2, -0.15) is 0 Å². The molecule has 0 aromatic heterocycles. The Morgan fingerprint density at radius 1 is 1.19 bits per heavy atom. The van der Waals surface area contributed by atoms with Crippen LogP contribution in [0, 0.1) is 6.92 Å². The van der Waals surface area contributed by atoms with Crippen LogP contribution in [0.3, 0.4) is 0 Å². The molecule has 2 aromatic carbocycles. The van der Waals surface area contributed by atoms with Gasteiger partial charge in [-0.3, -0.25) is 4.99 Å². The van der Waals surface area contributed by atoms with E-state index in [1.807, 2.05) is 0 Å². The number of rotatable bonds is 4. The summed E-state index contributed by atoms with van der Waals surface area (Å²) in [4.78, 5) is 15.4. The summed E-state index contributed by atoms with van der Waals surface area (Å²) < 4.78 is 27.9. The van der Waals surface area contributed by atoms with Crippen LogP contribution < -0.4 is 0 Å². The molecule has 1 aliphatic rings. The number of aryl methyl sites for hydroxylation is 1. The fourth-order valence-electron chi connectivity index (χ4n) is 3.12. The Balaban J connectivity index is 1.99. The highest BCUT2D eigenvalue weighted by Crippen LogP contribution is 2.43. The van der Waals surface area contributed by atoms with Gasteiger partial charge in [-0.25, -0.2) is 4.79 Å². The second kappa shape index (κ2) is 7.36. The Bertz CT molecular complexity index is 943. The first kappa shape index (κ1) is 20.0. The van der Waals surface area contributed by atoms with Crippen molar-refractivity contribution in [2.45, 2.75) is 18.9 Å². The lowest BCUT2D eigenvalue weighted by molar-refractivity contribution is -0.229. The van der Waals surface area contributed by atoms with E-state index in [1.165, 1.54) is 18.2 Å². The van der Waals surface area contributed by atoms with Crippen LogP contribution in [-0.4, -0.2) is 28.7 Å². The van der Waals surface area contributed by atoms with Gasteiger partial charge >= 0.3 is 5.97 Å². The van der Waals surface area contributed by atoms with Crippen molar-refractivity contribution < 1.29 is 18.9 Å². The summed E-state index contributed by atoms with van der Waals surface area (Å²) in [6.45, 7) is 1.44. The van der Waals surface area contributed by atoms with Crippen molar-refractivity contribution in [2.24, 2.45) is 4.99 Å². The molecule has 0 saturated heterocycles. The molecule has 0 bridgehead atoms. The van der Waals surface area contributed by atoms with E-state index < -0.39 is 16.9 Å². The predicted octanol–water partition coefficient (Wildman–Crippen LogP) is 5.81. The number of carboxylic acid groups (broad SMARTS) is 1. The molecule has 0 aliphatic carbocycles. The van der Waals surface area contributed by atoms with Crippen LogP contribution in [0.25, 0.3) is 0 Å². The van der Waals surface area contributed by atoms with Crippen molar-refractivity contribution in [3.8, 4) is 0 Å². The molecule has 9 heteroatoms. The lowest BCUT2D eigenvalue weighted by Crippen LogP contribution is -2.38. The number of nitrogens with zero attached hydrogens (tertiary/aromatic N) is 2. The van der Waals surface area contributed by atoms with Gasteiger partial charge in [0.1, 0.15) is 5.54 Å². The molecule has 2 aromatic rings. The van der Waals surface area contributed by atoms with Crippen LogP contribution in [0.1, 0.15) is 33.5 Å². The fourth-order valence-corrected chi connectivity index (χ4v) is 3.72. The molecule has 27 heavy (non-hydrogen) atoms. The van der Waals surface area contributed by atoms with Crippen LogP contribution in [0.4, 0.5) is 8.96 Å². The number of hydrogen-bond donors (Lipinski definition) is 1. The normalized spacial score (nSPS) is 19.4. The third kappa shape index (κ3) is 3.55. The predicted molar refractivity (Wildman–Crippen MR) is 101 cm³/mol. The zero-order chi connectivity index (χ0) is 19.9. The van der Waals surface area contributed by atoms with Crippen molar-refractivity contribution in [2.75, 3.05) is 6.54 Å². The molecule has 142 valence electrons. The van der Waals surface area contributed by atoms with Gasteiger partial charge in [-0.05, 0) is 47.9 Å². The number of benzene rings is 2. The summed E-state index contributed by atoms with van der Waals surface area (Å²) in [7, 11) is 0. The number of hydrogen-bond acceptors (Lipinski definition) is 3. The summed E-state index contributed by atoms with van der Waals surface area (Å²) in [5, 5.41) is 8.49.